The Morgan fingerprint density at radius 1 is 1.30 bits per heavy atom. The summed E-state index contributed by atoms with van der Waals surface area (Å²) < 4.78 is 5.39. The predicted octanol–water partition coefficient (Wildman–Crippen LogP) is 0.274. The number of hydrogen-bond acceptors (Lipinski definition) is 1. The van der Waals surface area contributed by atoms with Gasteiger partial charge in [0.25, 0.3) is 0 Å². The Morgan fingerprint density at radius 3 is 3.10 bits per heavy atom. The van der Waals surface area contributed by atoms with E-state index in [0.29, 0.717) is 0 Å². The largest absolute Gasteiger partial charge is 0.481 e. The van der Waals surface area contributed by atoms with E-state index in [-0.39, 0.29) is 0 Å². The molecule has 0 saturated carbocycles. The number of ether oxygens (including phenoxy) is 1. The Hall–Kier alpha value is -1.02. The lowest BCUT2D eigenvalue weighted by atomic mass is 10.3. The van der Waals surface area contributed by atoms with Crippen molar-refractivity contribution >= 4 is 5.69 Å². The van der Waals surface area contributed by atoms with Crippen LogP contribution >= 0.6 is 0 Å². The number of rotatable bonds is 0. The van der Waals surface area contributed by atoms with Gasteiger partial charge in [-0.2, -0.15) is 0 Å². The molecule has 0 fully saturated rings. The molecule has 0 saturated heterocycles. The SMILES string of the molecule is c1ccc2c(c1)[NH2+]CCO2. The van der Waals surface area contributed by atoms with E-state index in [4.69, 9.17) is 4.74 Å². The van der Waals surface area contributed by atoms with Crippen LogP contribution in [0.3, 0.4) is 0 Å². The van der Waals surface area contributed by atoms with Crippen LogP contribution in [0.4, 0.5) is 5.69 Å². The Labute approximate surface area is 59.8 Å². The van der Waals surface area contributed by atoms with Crippen LogP contribution in [-0.4, -0.2) is 13.2 Å². The van der Waals surface area contributed by atoms with Crippen LogP contribution in [-0.2, 0) is 0 Å². The van der Waals surface area contributed by atoms with Gasteiger partial charge in [0.1, 0.15) is 13.2 Å². The average molecular weight is 136 g/mol. The fourth-order valence-corrected chi connectivity index (χ4v) is 1.16. The molecule has 0 amide bonds. The number of benzene rings is 1. The topological polar surface area (TPSA) is 25.8 Å². The van der Waals surface area contributed by atoms with E-state index >= 15 is 0 Å². The van der Waals surface area contributed by atoms with E-state index in [0.717, 1.165) is 18.9 Å². The molecule has 0 unspecified atom stereocenters. The summed E-state index contributed by atoms with van der Waals surface area (Å²) in [4.78, 5) is 0. The van der Waals surface area contributed by atoms with E-state index in [1.54, 1.807) is 0 Å². The first-order valence-electron chi connectivity index (χ1n) is 3.52. The first-order valence-corrected chi connectivity index (χ1v) is 3.52. The smallest absolute Gasteiger partial charge is 0.180 e. The molecule has 10 heavy (non-hydrogen) atoms. The molecule has 1 aromatic carbocycles. The highest BCUT2D eigenvalue weighted by Gasteiger charge is 2.10. The van der Waals surface area contributed by atoms with Crippen LogP contribution in [0.25, 0.3) is 0 Å². The summed E-state index contributed by atoms with van der Waals surface area (Å²) in [5, 5.41) is 2.21. The Balaban J connectivity index is 2.41. The maximum atomic E-state index is 5.39. The summed E-state index contributed by atoms with van der Waals surface area (Å²) in [5.74, 6) is 1.02. The highest BCUT2D eigenvalue weighted by atomic mass is 16.5. The highest BCUT2D eigenvalue weighted by Crippen LogP contribution is 2.19. The molecular formula is C8H10NO+. The second-order valence-electron chi connectivity index (χ2n) is 2.38. The zero-order valence-corrected chi connectivity index (χ0v) is 5.71. The Bertz CT molecular complexity index is 209. The molecule has 1 aromatic rings. The molecule has 1 heterocycles. The molecular weight excluding hydrogens is 126 g/mol. The molecule has 1 aliphatic rings. The van der Waals surface area contributed by atoms with Gasteiger partial charge in [-0.1, -0.05) is 12.1 Å². The highest BCUT2D eigenvalue weighted by molar-refractivity contribution is 5.45. The Morgan fingerprint density at radius 2 is 2.20 bits per heavy atom. The van der Waals surface area contributed by atoms with Crippen LogP contribution in [0.5, 0.6) is 5.75 Å². The molecule has 0 aliphatic carbocycles. The lowest BCUT2D eigenvalue weighted by molar-refractivity contribution is -0.579. The average Bonchev–Trinajstić information content (AvgIpc) is 2.05. The number of quaternary nitrogens is 1. The summed E-state index contributed by atoms with van der Waals surface area (Å²) >= 11 is 0. The zero-order chi connectivity index (χ0) is 6.81. The van der Waals surface area contributed by atoms with Gasteiger partial charge in [0.05, 0.1) is 0 Å². The molecule has 0 radical (unpaired) electrons. The third-order valence-electron chi connectivity index (χ3n) is 1.66. The second-order valence-corrected chi connectivity index (χ2v) is 2.38. The van der Waals surface area contributed by atoms with Gasteiger partial charge in [-0.05, 0) is 6.07 Å². The van der Waals surface area contributed by atoms with Gasteiger partial charge < -0.3 is 10.1 Å². The first-order chi connectivity index (χ1) is 4.97. The fraction of sp³-hybridized carbons (Fsp3) is 0.250. The van der Waals surface area contributed by atoms with Crippen molar-refractivity contribution in [1.29, 1.82) is 0 Å². The van der Waals surface area contributed by atoms with E-state index in [2.05, 4.69) is 11.4 Å². The van der Waals surface area contributed by atoms with Crippen LogP contribution in [0.2, 0.25) is 0 Å². The van der Waals surface area contributed by atoms with Crippen LogP contribution in [0.1, 0.15) is 0 Å². The summed E-state index contributed by atoms with van der Waals surface area (Å²) in [5.41, 5.74) is 1.23. The van der Waals surface area contributed by atoms with Crippen molar-refractivity contribution in [2.75, 3.05) is 13.2 Å². The minimum atomic E-state index is 0.830. The van der Waals surface area contributed by atoms with E-state index < -0.39 is 0 Å². The van der Waals surface area contributed by atoms with E-state index in [1.807, 2.05) is 18.2 Å². The lowest BCUT2D eigenvalue weighted by Crippen LogP contribution is -2.80. The third-order valence-corrected chi connectivity index (χ3v) is 1.66. The molecule has 2 nitrogen and oxygen atoms in total. The van der Waals surface area contributed by atoms with Crippen molar-refractivity contribution in [2.45, 2.75) is 0 Å². The number of hydrogen-bond donors (Lipinski definition) is 1. The summed E-state index contributed by atoms with van der Waals surface area (Å²) in [6.07, 6.45) is 0. The summed E-state index contributed by atoms with van der Waals surface area (Å²) in [7, 11) is 0. The monoisotopic (exact) mass is 136 g/mol. The first kappa shape index (κ1) is 5.74. The minimum Gasteiger partial charge on any atom is -0.481 e. The van der Waals surface area contributed by atoms with Gasteiger partial charge in [-0.3, -0.25) is 0 Å². The molecule has 0 spiro atoms. The molecule has 1 aliphatic heterocycles. The molecule has 2 rings (SSSR count). The molecule has 0 bridgehead atoms. The minimum absolute atomic E-state index is 0.830. The Kier molecular flexibility index (Phi) is 1.32. The van der Waals surface area contributed by atoms with Gasteiger partial charge in [-0.15, -0.1) is 0 Å². The van der Waals surface area contributed by atoms with Gasteiger partial charge in [0.15, 0.2) is 11.4 Å². The van der Waals surface area contributed by atoms with Gasteiger partial charge >= 0.3 is 0 Å². The second kappa shape index (κ2) is 2.31. The van der Waals surface area contributed by atoms with Crippen LogP contribution in [0, 0.1) is 0 Å². The molecule has 0 atom stereocenters. The third kappa shape index (κ3) is 0.866. The van der Waals surface area contributed by atoms with Crippen molar-refractivity contribution < 1.29 is 10.1 Å². The van der Waals surface area contributed by atoms with Gasteiger partial charge in [-0.25, -0.2) is 0 Å². The molecule has 2 heteroatoms. The molecule has 52 valence electrons. The standard InChI is InChI=1S/C8H9NO/c1-2-4-8-7(3-1)9-5-6-10-8/h1-4,9H,5-6H2/p+1. The van der Waals surface area contributed by atoms with E-state index in [1.165, 1.54) is 5.69 Å². The lowest BCUT2D eigenvalue weighted by Gasteiger charge is -2.13. The molecule has 2 N–H and O–H groups in total. The number of nitrogens with two attached hydrogens (primary N) is 1. The maximum Gasteiger partial charge on any atom is 0.180 e. The number of fused-ring (bicyclic) bond motifs is 1. The summed E-state index contributed by atoms with van der Waals surface area (Å²) in [6.45, 7) is 1.87. The van der Waals surface area contributed by atoms with Crippen molar-refractivity contribution in [3.63, 3.8) is 0 Å². The fourth-order valence-electron chi connectivity index (χ4n) is 1.16. The van der Waals surface area contributed by atoms with Gasteiger partial charge in [0.2, 0.25) is 0 Å². The normalized spacial score (nSPS) is 15.6. The van der Waals surface area contributed by atoms with Crippen LogP contribution < -0.4 is 10.1 Å². The van der Waals surface area contributed by atoms with Crippen LogP contribution in [0.15, 0.2) is 24.3 Å². The van der Waals surface area contributed by atoms with Crippen molar-refractivity contribution in [2.24, 2.45) is 0 Å². The number of para-hydroxylation sites is 2. The van der Waals surface area contributed by atoms with Crippen molar-refractivity contribution in [3.05, 3.63) is 24.3 Å². The predicted molar refractivity (Wildman–Crippen MR) is 38.4 cm³/mol. The maximum absolute atomic E-state index is 5.39. The summed E-state index contributed by atoms with van der Waals surface area (Å²) in [6, 6.07) is 8.11. The van der Waals surface area contributed by atoms with E-state index in [9.17, 15) is 0 Å². The van der Waals surface area contributed by atoms with Gasteiger partial charge in [0, 0.05) is 6.07 Å². The zero-order valence-electron chi connectivity index (χ0n) is 5.71. The quantitative estimate of drug-likeness (QED) is 0.509. The molecule has 0 aromatic heterocycles. The van der Waals surface area contributed by atoms with Crippen molar-refractivity contribution in [3.8, 4) is 5.75 Å². The van der Waals surface area contributed by atoms with Crippen molar-refractivity contribution in [1.82, 2.24) is 0 Å².